The molecular weight excluding hydrogens is 341 g/mol. The number of rotatable bonds is 2. The van der Waals surface area contributed by atoms with Crippen LogP contribution < -0.4 is 5.32 Å². The van der Waals surface area contributed by atoms with Crippen LogP contribution in [0.3, 0.4) is 0 Å². The molecule has 1 aromatic carbocycles. The Balaban J connectivity index is 0.00000176. The fourth-order valence-corrected chi connectivity index (χ4v) is 4.84. The summed E-state index contributed by atoms with van der Waals surface area (Å²) in [5.74, 6) is 0.385. The number of benzene rings is 1. The minimum absolute atomic E-state index is 0. The van der Waals surface area contributed by atoms with Crippen molar-refractivity contribution in [3.63, 3.8) is 0 Å². The molecule has 0 bridgehead atoms. The molecule has 2 heterocycles. The number of nitrogens with zero attached hydrogens (tertiary/aromatic N) is 1. The van der Waals surface area contributed by atoms with E-state index in [1.807, 2.05) is 0 Å². The largest absolute Gasteiger partial charge is 0.417 e. The van der Waals surface area contributed by atoms with Crippen molar-refractivity contribution >= 4 is 22.4 Å². The number of nitrogens with one attached hydrogen (secondary N) is 1. The van der Waals surface area contributed by atoms with Gasteiger partial charge in [-0.3, -0.25) is 0 Å². The topological polar surface area (TPSA) is 49.4 Å². The zero-order valence-corrected chi connectivity index (χ0v) is 13.1. The van der Waals surface area contributed by atoms with E-state index in [1.54, 1.807) is 0 Å². The van der Waals surface area contributed by atoms with Crippen LogP contribution >= 0.6 is 12.4 Å². The number of sulfonamides is 1. The highest BCUT2D eigenvalue weighted by molar-refractivity contribution is 7.89. The molecule has 3 rings (SSSR count). The molecule has 0 saturated carbocycles. The van der Waals surface area contributed by atoms with Crippen molar-refractivity contribution in [1.29, 1.82) is 0 Å². The maximum absolute atomic E-state index is 13.0. The maximum Gasteiger partial charge on any atom is 0.417 e. The van der Waals surface area contributed by atoms with E-state index in [4.69, 9.17) is 0 Å². The smallest absolute Gasteiger partial charge is 0.316 e. The van der Waals surface area contributed by atoms with Crippen LogP contribution in [0.5, 0.6) is 0 Å². The molecule has 2 atom stereocenters. The molecular formula is C13H16ClF3N2O2S. The van der Waals surface area contributed by atoms with Crippen LogP contribution in [0.15, 0.2) is 29.2 Å². The molecule has 9 heteroatoms. The van der Waals surface area contributed by atoms with Gasteiger partial charge in [0.25, 0.3) is 0 Å². The van der Waals surface area contributed by atoms with Gasteiger partial charge in [-0.2, -0.15) is 17.5 Å². The van der Waals surface area contributed by atoms with Crippen molar-refractivity contribution in [1.82, 2.24) is 9.62 Å². The molecule has 2 saturated heterocycles. The molecule has 22 heavy (non-hydrogen) atoms. The zero-order chi connectivity index (χ0) is 15.3. The average molecular weight is 357 g/mol. The van der Waals surface area contributed by atoms with Gasteiger partial charge in [0.2, 0.25) is 10.0 Å². The molecule has 0 spiro atoms. The Kier molecular flexibility index (Phi) is 4.77. The van der Waals surface area contributed by atoms with E-state index in [-0.39, 0.29) is 37.3 Å². The first kappa shape index (κ1) is 17.5. The van der Waals surface area contributed by atoms with Crippen LogP contribution in [-0.4, -0.2) is 38.9 Å². The lowest BCUT2D eigenvalue weighted by Crippen LogP contribution is -2.33. The normalized spacial score (nSPS) is 25.8. The lowest BCUT2D eigenvalue weighted by atomic mass is 10.0. The molecule has 0 unspecified atom stereocenters. The van der Waals surface area contributed by atoms with Gasteiger partial charge in [-0.05, 0) is 37.1 Å². The highest BCUT2D eigenvalue weighted by atomic mass is 35.5. The SMILES string of the molecule is Cl.O=S(=O)(c1ccccc1C(F)(F)F)N1C[C@H]2CNC[C@H]2C1. The molecule has 2 aliphatic heterocycles. The molecule has 1 aromatic rings. The molecule has 1 N–H and O–H groups in total. The fraction of sp³-hybridized carbons (Fsp3) is 0.538. The first-order chi connectivity index (χ1) is 9.80. The van der Waals surface area contributed by atoms with Crippen molar-refractivity contribution in [3.05, 3.63) is 29.8 Å². The third kappa shape index (κ3) is 2.97. The van der Waals surface area contributed by atoms with E-state index < -0.39 is 26.7 Å². The number of fused-ring (bicyclic) bond motifs is 1. The Labute approximate surface area is 133 Å². The average Bonchev–Trinajstić information content (AvgIpc) is 2.98. The monoisotopic (exact) mass is 356 g/mol. The minimum Gasteiger partial charge on any atom is -0.316 e. The summed E-state index contributed by atoms with van der Waals surface area (Å²) >= 11 is 0. The number of hydrogen-bond acceptors (Lipinski definition) is 3. The van der Waals surface area contributed by atoms with Gasteiger partial charge in [0.05, 0.1) is 10.5 Å². The van der Waals surface area contributed by atoms with Crippen LogP contribution in [-0.2, 0) is 16.2 Å². The summed E-state index contributed by atoms with van der Waals surface area (Å²) in [5.41, 5.74) is -1.10. The molecule has 124 valence electrons. The van der Waals surface area contributed by atoms with Crippen LogP contribution in [0.4, 0.5) is 13.2 Å². The van der Waals surface area contributed by atoms with Crippen LogP contribution in [0.2, 0.25) is 0 Å². The molecule has 0 aliphatic carbocycles. The van der Waals surface area contributed by atoms with Crippen LogP contribution in [0.1, 0.15) is 5.56 Å². The Bertz CT molecular complexity index is 639. The number of hydrogen-bond donors (Lipinski definition) is 1. The second kappa shape index (κ2) is 5.99. The predicted molar refractivity (Wildman–Crippen MR) is 77.3 cm³/mol. The second-order valence-electron chi connectivity index (χ2n) is 5.49. The Morgan fingerprint density at radius 1 is 1.09 bits per heavy atom. The Morgan fingerprint density at radius 2 is 1.64 bits per heavy atom. The van der Waals surface area contributed by atoms with E-state index in [1.165, 1.54) is 16.4 Å². The zero-order valence-electron chi connectivity index (χ0n) is 11.5. The van der Waals surface area contributed by atoms with Crippen molar-refractivity contribution in [3.8, 4) is 0 Å². The summed E-state index contributed by atoms with van der Waals surface area (Å²) in [5, 5.41) is 3.17. The molecule has 4 nitrogen and oxygen atoms in total. The van der Waals surface area contributed by atoms with Crippen LogP contribution in [0.25, 0.3) is 0 Å². The molecule has 0 amide bonds. The third-order valence-corrected chi connectivity index (χ3v) is 6.06. The van der Waals surface area contributed by atoms with Crippen LogP contribution in [0, 0.1) is 11.8 Å². The first-order valence-corrected chi connectivity index (χ1v) is 8.11. The lowest BCUT2D eigenvalue weighted by molar-refractivity contribution is -0.139. The van der Waals surface area contributed by atoms with Gasteiger partial charge in [0.1, 0.15) is 0 Å². The number of halogens is 4. The Morgan fingerprint density at radius 3 is 2.18 bits per heavy atom. The van der Waals surface area contributed by atoms with E-state index in [0.717, 1.165) is 25.2 Å². The van der Waals surface area contributed by atoms with E-state index in [9.17, 15) is 21.6 Å². The summed E-state index contributed by atoms with van der Waals surface area (Å²) in [7, 11) is -4.11. The van der Waals surface area contributed by atoms with Gasteiger partial charge in [-0.25, -0.2) is 8.42 Å². The summed E-state index contributed by atoms with van der Waals surface area (Å²) in [6, 6.07) is 4.36. The minimum atomic E-state index is -4.68. The van der Waals surface area contributed by atoms with E-state index in [2.05, 4.69) is 5.32 Å². The fourth-order valence-electron chi connectivity index (χ4n) is 3.07. The molecule has 0 radical (unpaired) electrons. The Hall–Kier alpha value is -0.830. The van der Waals surface area contributed by atoms with Gasteiger partial charge in [-0.15, -0.1) is 12.4 Å². The number of alkyl halides is 3. The van der Waals surface area contributed by atoms with E-state index >= 15 is 0 Å². The summed E-state index contributed by atoms with van der Waals surface area (Å²) in [6.07, 6.45) is -4.68. The first-order valence-electron chi connectivity index (χ1n) is 6.67. The highest BCUT2D eigenvalue weighted by Crippen LogP contribution is 2.37. The van der Waals surface area contributed by atoms with Crippen molar-refractivity contribution in [2.24, 2.45) is 11.8 Å². The molecule has 0 aromatic heterocycles. The van der Waals surface area contributed by atoms with Gasteiger partial charge >= 0.3 is 6.18 Å². The summed E-state index contributed by atoms with van der Waals surface area (Å²) < 4.78 is 65.3. The molecule has 2 fully saturated rings. The lowest BCUT2D eigenvalue weighted by Gasteiger charge is -2.20. The highest BCUT2D eigenvalue weighted by Gasteiger charge is 2.44. The third-order valence-electron chi connectivity index (χ3n) is 4.17. The standard InChI is InChI=1S/C13H15F3N2O2S.ClH/c14-13(15,16)11-3-1-2-4-12(11)21(19,20)18-7-9-5-17-6-10(9)8-18;/h1-4,9-10,17H,5-8H2;1H/t9-,10+;. The van der Waals surface area contributed by atoms with Gasteiger partial charge in [0.15, 0.2) is 0 Å². The van der Waals surface area contributed by atoms with Crippen molar-refractivity contribution < 1.29 is 21.6 Å². The van der Waals surface area contributed by atoms with Gasteiger partial charge in [0, 0.05) is 13.1 Å². The summed E-state index contributed by atoms with van der Waals surface area (Å²) in [6.45, 7) is 2.01. The van der Waals surface area contributed by atoms with Crippen molar-refractivity contribution in [2.75, 3.05) is 26.2 Å². The van der Waals surface area contributed by atoms with Gasteiger partial charge < -0.3 is 5.32 Å². The van der Waals surface area contributed by atoms with Gasteiger partial charge in [-0.1, -0.05) is 12.1 Å². The van der Waals surface area contributed by atoms with Crippen molar-refractivity contribution in [2.45, 2.75) is 11.1 Å². The second-order valence-corrected chi connectivity index (χ2v) is 7.40. The summed E-state index contributed by atoms with van der Waals surface area (Å²) in [4.78, 5) is -0.648. The predicted octanol–water partition coefficient (Wildman–Crippen LogP) is 1.97. The maximum atomic E-state index is 13.0. The molecule has 2 aliphatic rings. The quantitative estimate of drug-likeness (QED) is 0.881. The van der Waals surface area contributed by atoms with E-state index in [0.29, 0.717) is 0 Å².